The summed E-state index contributed by atoms with van der Waals surface area (Å²) >= 11 is 0. The highest BCUT2D eigenvalue weighted by Crippen LogP contribution is 2.39. The first-order valence-electron chi connectivity index (χ1n) is 9.86. The molecule has 0 fully saturated rings. The lowest BCUT2D eigenvalue weighted by atomic mass is 10.1. The number of rotatable bonds is 4. The molecule has 0 saturated carbocycles. The van der Waals surface area contributed by atoms with Crippen molar-refractivity contribution >= 4 is 17.3 Å². The zero-order valence-electron chi connectivity index (χ0n) is 17.1. The Bertz CT molecular complexity index is 1250. The zero-order chi connectivity index (χ0) is 24.7. The molecule has 1 unspecified atom stereocenters. The summed E-state index contributed by atoms with van der Waals surface area (Å²) in [5.41, 5.74) is -1.76. The molecule has 1 atom stereocenters. The number of alkyl halides is 6. The highest BCUT2D eigenvalue weighted by atomic mass is 19.4. The summed E-state index contributed by atoms with van der Waals surface area (Å²) < 4.78 is 92.3. The van der Waals surface area contributed by atoms with Crippen molar-refractivity contribution in [2.24, 2.45) is 0 Å². The highest BCUT2D eigenvalue weighted by molar-refractivity contribution is 6.11. The molecule has 0 spiro atoms. The summed E-state index contributed by atoms with van der Waals surface area (Å²) in [5, 5.41) is 2.63. The second-order valence-electron chi connectivity index (χ2n) is 7.50. The minimum absolute atomic E-state index is 0.0295. The Kier molecular flexibility index (Phi) is 5.84. The quantitative estimate of drug-likeness (QED) is 0.410. The SMILES string of the molecule is O=C1C(Nc2cccc(C(F)(F)F)c2)=CC(c2ccc(F)cc2)N1c1cccc(C(F)(F)F)c1. The molecule has 176 valence electrons. The monoisotopic (exact) mass is 480 g/mol. The van der Waals surface area contributed by atoms with Gasteiger partial charge in [0.15, 0.2) is 0 Å². The average molecular weight is 480 g/mol. The van der Waals surface area contributed by atoms with Crippen molar-refractivity contribution in [3.05, 3.63) is 107 Å². The summed E-state index contributed by atoms with van der Waals surface area (Å²) in [6.07, 6.45) is -7.89. The molecule has 0 radical (unpaired) electrons. The van der Waals surface area contributed by atoms with E-state index in [9.17, 15) is 35.5 Å². The van der Waals surface area contributed by atoms with E-state index < -0.39 is 41.2 Å². The van der Waals surface area contributed by atoms with Crippen molar-refractivity contribution in [1.82, 2.24) is 0 Å². The summed E-state index contributed by atoms with van der Waals surface area (Å²) in [5.74, 6) is -1.31. The molecule has 0 bridgehead atoms. The number of hydrogen-bond acceptors (Lipinski definition) is 2. The van der Waals surface area contributed by atoms with Crippen LogP contribution in [0, 0.1) is 5.82 Å². The van der Waals surface area contributed by atoms with E-state index in [1.165, 1.54) is 30.3 Å². The second kappa shape index (κ2) is 8.51. The molecule has 1 aliphatic rings. The van der Waals surface area contributed by atoms with E-state index in [-0.39, 0.29) is 17.1 Å². The van der Waals surface area contributed by atoms with Crippen LogP contribution < -0.4 is 10.2 Å². The van der Waals surface area contributed by atoms with Crippen molar-refractivity contribution < 1.29 is 35.5 Å². The molecule has 3 nitrogen and oxygen atoms in total. The molecular formula is C24H15F7N2O. The standard InChI is InChI=1S/C24H15F7N2O/c25-17-9-7-14(8-10-17)21-13-20(32-18-5-1-3-15(11-18)23(26,27)28)22(34)33(21)19-6-2-4-16(12-19)24(29,30)31/h1-13,21,32H. The van der Waals surface area contributed by atoms with Crippen LogP contribution in [0.4, 0.5) is 42.1 Å². The Hall–Kier alpha value is -3.82. The minimum atomic E-state index is -4.66. The molecule has 34 heavy (non-hydrogen) atoms. The van der Waals surface area contributed by atoms with Crippen molar-refractivity contribution in [1.29, 1.82) is 0 Å². The fourth-order valence-electron chi connectivity index (χ4n) is 3.60. The first kappa shape index (κ1) is 23.3. The highest BCUT2D eigenvalue weighted by Gasteiger charge is 2.37. The maximum absolute atomic E-state index is 13.4. The van der Waals surface area contributed by atoms with Gasteiger partial charge in [0, 0.05) is 11.4 Å². The normalized spacial score (nSPS) is 16.6. The van der Waals surface area contributed by atoms with Crippen molar-refractivity contribution in [3.8, 4) is 0 Å². The molecule has 0 saturated heterocycles. The van der Waals surface area contributed by atoms with Gasteiger partial charge in [0.1, 0.15) is 11.5 Å². The summed E-state index contributed by atoms with van der Waals surface area (Å²) in [7, 11) is 0. The van der Waals surface area contributed by atoms with Crippen molar-refractivity contribution in [2.45, 2.75) is 18.4 Å². The smallest absolute Gasteiger partial charge is 0.351 e. The molecule has 3 aromatic rings. The number of hydrogen-bond donors (Lipinski definition) is 1. The van der Waals surface area contributed by atoms with E-state index in [0.29, 0.717) is 5.56 Å². The fourth-order valence-corrected chi connectivity index (χ4v) is 3.60. The summed E-state index contributed by atoms with van der Waals surface area (Å²) in [4.78, 5) is 14.3. The lowest BCUT2D eigenvalue weighted by Crippen LogP contribution is -2.31. The van der Waals surface area contributed by atoms with Crippen LogP contribution in [-0.2, 0) is 17.1 Å². The molecule has 1 N–H and O–H groups in total. The van der Waals surface area contributed by atoms with Gasteiger partial charge < -0.3 is 5.32 Å². The van der Waals surface area contributed by atoms with Gasteiger partial charge in [-0.2, -0.15) is 26.3 Å². The van der Waals surface area contributed by atoms with Gasteiger partial charge in [-0.1, -0.05) is 24.3 Å². The Morgan fingerprint density at radius 2 is 1.35 bits per heavy atom. The first-order valence-corrected chi connectivity index (χ1v) is 9.86. The molecule has 10 heteroatoms. The largest absolute Gasteiger partial charge is 0.416 e. The Balaban J connectivity index is 1.74. The predicted molar refractivity (Wildman–Crippen MR) is 111 cm³/mol. The van der Waals surface area contributed by atoms with Crippen LogP contribution in [0.15, 0.2) is 84.6 Å². The van der Waals surface area contributed by atoms with E-state index in [1.807, 2.05) is 0 Å². The van der Waals surface area contributed by atoms with E-state index in [4.69, 9.17) is 0 Å². The lowest BCUT2D eigenvalue weighted by molar-refractivity contribution is -0.138. The van der Waals surface area contributed by atoms with Gasteiger partial charge in [-0.25, -0.2) is 4.39 Å². The Morgan fingerprint density at radius 3 is 1.97 bits per heavy atom. The topological polar surface area (TPSA) is 32.3 Å². The number of anilines is 2. The second-order valence-corrected chi connectivity index (χ2v) is 7.50. The van der Waals surface area contributed by atoms with E-state index >= 15 is 0 Å². The molecule has 1 amide bonds. The zero-order valence-corrected chi connectivity index (χ0v) is 17.1. The van der Waals surface area contributed by atoms with E-state index in [1.54, 1.807) is 0 Å². The molecule has 4 rings (SSSR count). The van der Waals surface area contributed by atoms with Crippen LogP contribution in [0.25, 0.3) is 0 Å². The van der Waals surface area contributed by atoms with Crippen LogP contribution in [0.3, 0.4) is 0 Å². The molecule has 0 aromatic heterocycles. The van der Waals surface area contributed by atoms with Crippen LogP contribution in [0.1, 0.15) is 22.7 Å². The number of nitrogens with zero attached hydrogens (tertiary/aromatic N) is 1. The van der Waals surface area contributed by atoms with Gasteiger partial charge in [-0.3, -0.25) is 9.69 Å². The van der Waals surface area contributed by atoms with E-state index in [0.717, 1.165) is 53.4 Å². The van der Waals surface area contributed by atoms with Crippen LogP contribution in [0.5, 0.6) is 0 Å². The first-order chi connectivity index (χ1) is 15.9. The van der Waals surface area contributed by atoms with Crippen molar-refractivity contribution in [2.75, 3.05) is 10.2 Å². The molecule has 0 aliphatic carbocycles. The number of carbonyl (C=O) groups excluding carboxylic acids is 1. The summed E-state index contributed by atoms with van der Waals surface area (Å²) in [6.45, 7) is 0. The maximum Gasteiger partial charge on any atom is 0.416 e. The lowest BCUT2D eigenvalue weighted by Gasteiger charge is -2.26. The Labute approximate surface area is 189 Å². The molecule has 1 aliphatic heterocycles. The number of halogens is 7. The molecule has 3 aromatic carbocycles. The van der Waals surface area contributed by atoms with Gasteiger partial charge in [-0.15, -0.1) is 0 Å². The molecule has 1 heterocycles. The van der Waals surface area contributed by atoms with E-state index in [2.05, 4.69) is 5.32 Å². The van der Waals surface area contributed by atoms with Gasteiger partial charge >= 0.3 is 12.4 Å². The third-order valence-electron chi connectivity index (χ3n) is 5.18. The Morgan fingerprint density at radius 1 is 0.765 bits per heavy atom. The van der Waals surface area contributed by atoms with Gasteiger partial charge in [-0.05, 0) is 60.2 Å². The van der Waals surface area contributed by atoms with Crippen LogP contribution in [0.2, 0.25) is 0 Å². The molecular weight excluding hydrogens is 465 g/mol. The summed E-state index contributed by atoms with van der Waals surface area (Å²) in [6, 6.07) is 12.4. The maximum atomic E-state index is 13.4. The third kappa shape index (κ3) is 4.75. The number of amides is 1. The predicted octanol–water partition coefficient (Wildman–Crippen LogP) is 6.95. The fraction of sp³-hybridized carbons (Fsp3) is 0.125. The average Bonchev–Trinajstić information content (AvgIpc) is 3.09. The minimum Gasteiger partial charge on any atom is -0.351 e. The van der Waals surface area contributed by atoms with Gasteiger partial charge in [0.2, 0.25) is 0 Å². The van der Waals surface area contributed by atoms with Crippen LogP contribution in [-0.4, -0.2) is 5.91 Å². The number of nitrogens with one attached hydrogen (secondary N) is 1. The number of benzene rings is 3. The van der Waals surface area contributed by atoms with Gasteiger partial charge in [0.25, 0.3) is 5.91 Å². The van der Waals surface area contributed by atoms with Crippen LogP contribution >= 0.6 is 0 Å². The van der Waals surface area contributed by atoms with Crippen molar-refractivity contribution in [3.63, 3.8) is 0 Å². The number of carbonyl (C=O) groups is 1. The third-order valence-corrected chi connectivity index (χ3v) is 5.18. The van der Waals surface area contributed by atoms with Gasteiger partial charge in [0.05, 0.1) is 17.2 Å².